The smallest absolute Gasteiger partial charge is 0.255 e. The van der Waals surface area contributed by atoms with Crippen molar-refractivity contribution in [2.45, 2.75) is 40.0 Å². The fraction of sp³-hybridized carbons (Fsp3) is 0.375. The van der Waals surface area contributed by atoms with Crippen LogP contribution in [-0.2, 0) is 5.41 Å². The number of carbonyl (C=O) groups excluding carboxylic acids is 1. The lowest BCUT2D eigenvalue weighted by molar-refractivity contribution is 0.102. The molecule has 0 atom stereocenters. The van der Waals surface area contributed by atoms with Gasteiger partial charge >= 0.3 is 0 Å². The van der Waals surface area contributed by atoms with Crippen LogP contribution in [0.1, 0.15) is 48.1 Å². The number of amides is 1. The molecule has 0 radical (unpaired) electrons. The van der Waals surface area contributed by atoms with Crippen molar-refractivity contribution in [3.8, 4) is 0 Å². The van der Waals surface area contributed by atoms with Gasteiger partial charge in [-0.15, -0.1) is 0 Å². The molecular weight excluding hydrogens is 250 g/mol. The van der Waals surface area contributed by atoms with Crippen molar-refractivity contribution in [3.05, 3.63) is 46.8 Å². The molecule has 20 heavy (non-hydrogen) atoms. The Morgan fingerprint density at radius 3 is 2.20 bits per heavy atom. The minimum Gasteiger partial charge on any atom is -0.319 e. The first-order valence-corrected chi connectivity index (χ1v) is 6.72. The lowest BCUT2D eigenvalue weighted by Gasteiger charge is -2.19. The number of hydrogen-bond acceptors (Lipinski definition) is 2. The first kappa shape index (κ1) is 14.3. The zero-order chi connectivity index (χ0) is 14.9. The van der Waals surface area contributed by atoms with E-state index in [1.165, 1.54) is 5.56 Å². The molecule has 1 aromatic heterocycles. The molecule has 1 amide bonds. The molecule has 0 bridgehead atoms. The number of H-pyrrole nitrogens is 1. The zero-order valence-electron chi connectivity index (χ0n) is 12.7. The van der Waals surface area contributed by atoms with E-state index in [-0.39, 0.29) is 11.3 Å². The maximum absolute atomic E-state index is 12.2. The summed E-state index contributed by atoms with van der Waals surface area (Å²) in [7, 11) is 0. The highest BCUT2D eigenvalue weighted by atomic mass is 16.1. The predicted molar refractivity (Wildman–Crippen MR) is 81.2 cm³/mol. The number of nitrogens with zero attached hydrogens (tertiary/aromatic N) is 1. The number of anilines is 1. The molecular formula is C16H21N3O. The summed E-state index contributed by atoms with van der Waals surface area (Å²) in [5.41, 5.74) is 4.37. The van der Waals surface area contributed by atoms with Crippen molar-refractivity contribution in [2.24, 2.45) is 0 Å². The molecule has 2 aromatic rings. The number of benzene rings is 1. The SMILES string of the molecule is Cc1n[nH]c(C)c1NC(=O)c1ccc(C(C)(C)C)cc1. The summed E-state index contributed by atoms with van der Waals surface area (Å²) in [5, 5.41) is 9.83. The third-order valence-electron chi connectivity index (χ3n) is 3.38. The van der Waals surface area contributed by atoms with Crippen molar-refractivity contribution >= 4 is 11.6 Å². The van der Waals surface area contributed by atoms with Crippen LogP contribution < -0.4 is 5.32 Å². The van der Waals surface area contributed by atoms with E-state index in [4.69, 9.17) is 0 Å². The molecule has 4 heteroatoms. The minimum absolute atomic E-state index is 0.0900. The number of carbonyl (C=O) groups is 1. The van der Waals surface area contributed by atoms with Gasteiger partial charge in [0.15, 0.2) is 0 Å². The predicted octanol–water partition coefficient (Wildman–Crippen LogP) is 3.58. The van der Waals surface area contributed by atoms with E-state index in [0.717, 1.165) is 17.1 Å². The van der Waals surface area contributed by atoms with E-state index in [1.54, 1.807) is 0 Å². The van der Waals surface area contributed by atoms with Crippen molar-refractivity contribution < 1.29 is 4.79 Å². The number of nitrogens with one attached hydrogen (secondary N) is 2. The Morgan fingerprint density at radius 2 is 1.75 bits per heavy atom. The molecule has 106 valence electrons. The van der Waals surface area contributed by atoms with Crippen LogP contribution in [0.5, 0.6) is 0 Å². The van der Waals surface area contributed by atoms with E-state index >= 15 is 0 Å². The summed E-state index contributed by atoms with van der Waals surface area (Å²) in [6.07, 6.45) is 0. The van der Waals surface area contributed by atoms with Gasteiger partial charge in [0.1, 0.15) is 0 Å². The van der Waals surface area contributed by atoms with Gasteiger partial charge in [-0.1, -0.05) is 32.9 Å². The zero-order valence-corrected chi connectivity index (χ0v) is 12.7. The van der Waals surface area contributed by atoms with Crippen LogP contribution in [-0.4, -0.2) is 16.1 Å². The monoisotopic (exact) mass is 271 g/mol. The van der Waals surface area contributed by atoms with Gasteiger partial charge in [0, 0.05) is 5.56 Å². The van der Waals surface area contributed by atoms with E-state index in [1.807, 2.05) is 38.1 Å². The second kappa shape index (κ2) is 5.12. The number of aryl methyl sites for hydroxylation is 2. The topological polar surface area (TPSA) is 57.8 Å². The number of aromatic amines is 1. The van der Waals surface area contributed by atoms with Gasteiger partial charge in [0.2, 0.25) is 0 Å². The molecule has 0 unspecified atom stereocenters. The van der Waals surface area contributed by atoms with Crippen LogP contribution >= 0.6 is 0 Å². The van der Waals surface area contributed by atoms with Gasteiger partial charge in [-0.05, 0) is 37.0 Å². The summed E-state index contributed by atoms with van der Waals surface area (Å²) >= 11 is 0. The largest absolute Gasteiger partial charge is 0.319 e. The Bertz CT molecular complexity index is 599. The number of hydrogen-bond donors (Lipinski definition) is 2. The lowest BCUT2D eigenvalue weighted by Crippen LogP contribution is -2.15. The first-order valence-electron chi connectivity index (χ1n) is 6.72. The highest BCUT2D eigenvalue weighted by molar-refractivity contribution is 6.04. The highest BCUT2D eigenvalue weighted by Gasteiger charge is 2.15. The molecule has 1 aromatic carbocycles. The molecule has 0 aliphatic heterocycles. The third-order valence-corrected chi connectivity index (χ3v) is 3.38. The average Bonchev–Trinajstić information content (AvgIpc) is 2.69. The summed E-state index contributed by atoms with van der Waals surface area (Å²) in [4.78, 5) is 12.2. The van der Waals surface area contributed by atoms with Crippen LogP contribution in [0.4, 0.5) is 5.69 Å². The van der Waals surface area contributed by atoms with Gasteiger partial charge in [-0.3, -0.25) is 9.89 Å². The van der Waals surface area contributed by atoms with E-state index < -0.39 is 0 Å². The fourth-order valence-corrected chi connectivity index (χ4v) is 2.04. The summed E-state index contributed by atoms with van der Waals surface area (Å²) < 4.78 is 0. The molecule has 0 aliphatic carbocycles. The van der Waals surface area contributed by atoms with Gasteiger partial charge < -0.3 is 5.32 Å². The van der Waals surface area contributed by atoms with Crippen molar-refractivity contribution in [1.29, 1.82) is 0 Å². The molecule has 0 spiro atoms. The molecule has 1 heterocycles. The molecule has 0 aliphatic rings. The summed E-state index contributed by atoms with van der Waals surface area (Å²) in [6, 6.07) is 7.73. The van der Waals surface area contributed by atoms with E-state index in [9.17, 15) is 4.79 Å². The summed E-state index contributed by atoms with van der Waals surface area (Å²) in [5.74, 6) is -0.113. The summed E-state index contributed by atoms with van der Waals surface area (Å²) in [6.45, 7) is 10.2. The van der Waals surface area contributed by atoms with Crippen molar-refractivity contribution in [1.82, 2.24) is 10.2 Å². The Morgan fingerprint density at radius 1 is 1.15 bits per heavy atom. The Balaban J connectivity index is 2.18. The van der Waals surface area contributed by atoms with Gasteiger partial charge in [-0.2, -0.15) is 5.10 Å². The highest BCUT2D eigenvalue weighted by Crippen LogP contribution is 2.23. The van der Waals surface area contributed by atoms with Crippen LogP contribution in [0, 0.1) is 13.8 Å². The Hall–Kier alpha value is -2.10. The quantitative estimate of drug-likeness (QED) is 0.877. The van der Waals surface area contributed by atoms with E-state index in [0.29, 0.717) is 5.56 Å². The molecule has 0 saturated carbocycles. The van der Waals surface area contributed by atoms with Crippen molar-refractivity contribution in [2.75, 3.05) is 5.32 Å². The number of aromatic nitrogens is 2. The average molecular weight is 271 g/mol. The van der Waals surface area contributed by atoms with Gasteiger partial charge in [-0.25, -0.2) is 0 Å². The van der Waals surface area contributed by atoms with Crippen molar-refractivity contribution in [3.63, 3.8) is 0 Å². The Kier molecular flexibility index (Phi) is 3.66. The maximum atomic E-state index is 12.2. The fourth-order valence-electron chi connectivity index (χ4n) is 2.04. The Labute approximate surface area is 119 Å². The van der Waals surface area contributed by atoms with E-state index in [2.05, 4.69) is 36.3 Å². The lowest BCUT2D eigenvalue weighted by atomic mass is 9.87. The molecule has 2 N–H and O–H groups in total. The maximum Gasteiger partial charge on any atom is 0.255 e. The molecule has 0 fully saturated rings. The molecule has 2 rings (SSSR count). The minimum atomic E-state index is -0.113. The van der Waals surface area contributed by atoms with Crippen LogP contribution in [0.3, 0.4) is 0 Å². The van der Waals surface area contributed by atoms with Gasteiger partial charge in [0.25, 0.3) is 5.91 Å². The second-order valence-electron chi connectivity index (χ2n) is 6.09. The number of rotatable bonds is 2. The van der Waals surface area contributed by atoms with Gasteiger partial charge in [0.05, 0.1) is 17.1 Å². The standard InChI is InChI=1S/C16H21N3O/c1-10-14(11(2)19-18-10)17-15(20)12-6-8-13(9-7-12)16(3,4)5/h6-9H,1-5H3,(H,17,20)(H,18,19). The third kappa shape index (κ3) is 2.90. The second-order valence-corrected chi connectivity index (χ2v) is 6.09. The van der Waals surface area contributed by atoms with Crippen LogP contribution in [0.15, 0.2) is 24.3 Å². The normalized spacial score (nSPS) is 11.4. The molecule has 4 nitrogen and oxygen atoms in total. The van der Waals surface area contributed by atoms with Crippen LogP contribution in [0.25, 0.3) is 0 Å². The molecule has 0 saturated heterocycles. The van der Waals surface area contributed by atoms with Crippen LogP contribution in [0.2, 0.25) is 0 Å². The first-order chi connectivity index (χ1) is 9.29.